The van der Waals surface area contributed by atoms with Crippen LogP contribution in [0.5, 0.6) is 0 Å². The number of rotatable bonds is 2. The van der Waals surface area contributed by atoms with Gasteiger partial charge in [0.05, 0.1) is 24.7 Å². The fourth-order valence-corrected chi connectivity index (χ4v) is 3.47. The van der Waals surface area contributed by atoms with E-state index in [0.29, 0.717) is 26.0 Å². The number of carboxylic acids is 1. The summed E-state index contributed by atoms with van der Waals surface area (Å²) < 4.78 is 11.0. The number of carbonyl (C=O) groups is 2. The van der Waals surface area contributed by atoms with Crippen LogP contribution < -0.4 is 0 Å². The summed E-state index contributed by atoms with van der Waals surface area (Å²) in [5, 5.41) is 9.84. The predicted molar refractivity (Wildman–Crippen MR) is 80.7 cm³/mol. The van der Waals surface area contributed by atoms with Gasteiger partial charge < -0.3 is 14.6 Å². The van der Waals surface area contributed by atoms with Gasteiger partial charge >= 0.3 is 12.1 Å². The van der Waals surface area contributed by atoms with Gasteiger partial charge in [0.1, 0.15) is 5.60 Å². The Balaban J connectivity index is 2.24. The maximum Gasteiger partial charge on any atom is 0.410 e. The SMILES string of the molecule is CC(C)(C)OC(=O)N1CCOCC1C1(C(=O)O)CCCCC1. The molecule has 0 aromatic rings. The molecule has 0 spiro atoms. The standard InChI is InChI=1S/C16H27NO5/c1-15(2,3)22-14(20)17-9-10-21-11-12(17)16(13(18)19)7-5-4-6-8-16/h12H,4-11H2,1-3H3,(H,18,19). The number of nitrogens with zero attached hydrogens (tertiary/aromatic N) is 1. The monoisotopic (exact) mass is 313 g/mol. The molecule has 1 aliphatic heterocycles. The molecule has 1 heterocycles. The molecule has 1 N–H and O–H groups in total. The zero-order valence-corrected chi connectivity index (χ0v) is 13.8. The molecule has 0 radical (unpaired) electrons. The lowest BCUT2D eigenvalue weighted by Crippen LogP contribution is -2.60. The third-order valence-corrected chi connectivity index (χ3v) is 4.57. The van der Waals surface area contributed by atoms with Gasteiger partial charge in [-0.2, -0.15) is 0 Å². The molecule has 0 bridgehead atoms. The summed E-state index contributed by atoms with van der Waals surface area (Å²) in [5.74, 6) is -0.823. The van der Waals surface area contributed by atoms with Crippen LogP contribution in [0.25, 0.3) is 0 Å². The van der Waals surface area contributed by atoms with Gasteiger partial charge in [0.25, 0.3) is 0 Å². The first kappa shape index (κ1) is 17.1. The Morgan fingerprint density at radius 3 is 2.41 bits per heavy atom. The number of amides is 1. The van der Waals surface area contributed by atoms with E-state index in [2.05, 4.69) is 0 Å². The average Bonchev–Trinajstić information content (AvgIpc) is 2.46. The van der Waals surface area contributed by atoms with E-state index in [1.807, 2.05) is 20.8 Å². The normalized spacial score (nSPS) is 25.6. The van der Waals surface area contributed by atoms with Crippen LogP contribution >= 0.6 is 0 Å². The second kappa shape index (κ2) is 6.44. The Kier molecular flexibility index (Phi) is 5.00. The van der Waals surface area contributed by atoms with Crippen LogP contribution in [0.3, 0.4) is 0 Å². The van der Waals surface area contributed by atoms with Crippen molar-refractivity contribution < 1.29 is 24.2 Å². The van der Waals surface area contributed by atoms with Crippen molar-refractivity contribution in [2.24, 2.45) is 5.41 Å². The lowest BCUT2D eigenvalue weighted by atomic mass is 9.68. The number of morpholine rings is 1. The van der Waals surface area contributed by atoms with Crippen molar-refractivity contribution >= 4 is 12.1 Å². The molecule has 0 aromatic carbocycles. The van der Waals surface area contributed by atoms with Gasteiger partial charge in [-0.15, -0.1) is 0 Å². The summed E-state index contributed by atoms with van der Waals surface area (Å²) in [6, 6.07) is -0.450. The molecule has 6 heteroatoms. The fourth-order valence-electron chi connectivity index (χ4n) is 3.47. The number of hydrogen-bond acceptors (Lipinski definition) is 4. The van der Waals surface area contributed by atoms with E-state index in [1.54, 1.807) is 4.90 Å². The molecule has 1 unspecified atom stereocenters. The van der Waals surface area contributed by atoms with Crippen molar-refractivity contribution in [3.8, 4) is 0 Å². The Bertz CT molecular complexity index is 423. The number of carboxylic acid groups (broad SMARTS) is 1. The summed E-state index contributed by atoms with van der Waals surface area (Å²) >= 11 is 0. The minimum absolute atomic E-state index is 0.269. The van der Waals surface area contributed by atoms with Crippen molar-refractivity contribution in [3.63, 3.8) is 0 Å². The van der Waals surface area contributed by atoms with Crippen molar-refractivity contribution in [2.45, 2.75) is 64.5 Å². The third kappa shape index (κ3) is 3.54. The van der Waals surface area contributed by atoms with Crippen LogP contribution in [0, 0.1) is 5.41 Å². The summed E-state index contributed by atoms with van der Waals surface area (Å²) in [4.78, 5) is 26.1. The number of ether oxygens (including phenoxy) is 2. The van der Waals surface area contributed by atoms with E-state index in [1.165, 1.54) is 0 Å². The number of aliphatic carboxylic acids is 1. The minimum atomic E-state index is -0.907. The lowest BCUT2D eigenvalue weighted by molar-refractivity contribution is -0.162. The predicted octanol–water partition coefficient (Wildman–Crippen LogP) is 2.66. The largest absolute Gasteiger partial charge is 0.481 e. The van der Waals surface area contributed by atoms with E-state index >= 15 is 0 Å². The van der Waals surface area contributed by atoms with Crippen molar-refractivity contribution in [1.29, 1.82) is 0 Å². The zero-order chi connectivity index (χ0) is 16.4. The van der Waals surface area contributed by atoms with E-state index in [4.69, 9.17) is 9.47 Å². The summed E-state index contributed by atoms with van der Waals surface area (Å²) in [6.07, 6.45) is 3.56. The van der Waals surface area contributed by atoms with Gasteiger partial charge in [0.15, 0.2) is 0 Å². The van der Waals surface area contributed by atoms with Crippen LogP contribution in [0.4, 0.5) is 4.79 Å². The molecule has 1 amide bonds. The Morgan fingerprint density at radius 1 is 1.23 bits per heavy atom. The van der Waals surface area contributed by atoms with Crippen molar-refractivity contribution in [1.82, 2.24) is 4.90 Å². The molecule has 0 aromatic heterocycles. The molecular formula is C16H27NO5. The van der Waals surface area contributed by atoms with Gasteiger partial charge in [-0.3, -0.25) is 9.69 Å². The molecule has 1 saturated heterocycles. The molecule has 126 valence electrons. The van der Waals surface area contributed by atoms with Gasteiger partial charge in [0.2, 0.25) is 0 Å². The molecule has 22 heavy (non-hydrogen) atoms. The lowest BCUT2D eigenvalue weighted by Gasteiger charge is -2.47. The second-order valence-electron chi connectivity index (χ2n) is 7.29. The molecular weight excluding hydrogens is 286 g/mol. The smallest absolute Gasteiger partial charge is 0.410 e. The Morgan fingerprint density at radius 2 is 1.86 bits per heavy atom. The van der Waals surface area contributed by atoms with E-state index in [0.717, 1.165) is 19.3 Å². The van der Waals surface area contributed by atoms with Gasteiger partial charge in [-0.25, -0.2) is 4.79 Å². The van der Waals surface area contributed by atoms with Gasteiger partial charge in [0, 0.05) is 6.54 Å². The summed E-state index contributed by atoms with van der Waals surface area (Å²) in [5.41, 5.74) is -1.50. The highest BCUT2D eigenvalue weighted by Gasteiger charge is 2.51. The first-order chi connectivity index (χ1) is 10.3. The maximum atomic E-state index is 12.5. The van der Waals surface area contributed by atoms with Crippen LogP contribution in [0.1, 0.15) is 52.9 Å². The highest BCUT2D eigenvalue weighted by molar-refractivity contribution is 5.78. The number of carbonyl (C=O) groups excluding carboxylic acids is 1. The highest BCUT2D eigenvalue weighted by Crippen LogP contribution is 2.43. The van der Waals surface area contributed by atoms with E-state index in [-0.39, 0.29) is 6.61 Å². The third-order valence-electron chi connectivity index (χ3n) is 4.57. The van der Waals surface area contributed by atoms with E-state index in [9.17, 15) is 14.7 Å². The first-order valence-electron chi connectivity index (χ1n) is 8.07. The van der Waals surface area contributed by atoms with Crippen molar-refractivity contribution in [3.05, 3.63) is 0 Å². The van der Waals surface area contributed by atoms with Crippen molar-refractivity contribution in [2.75, 3.05) is 19.8 Å². The molecule has 6 nitrogen and oxygen atoms in total. The topological polar surface area (TPSA) is 76.1 Å². The average molecular weight is 313 g/mol. The van der Waals surface area contributed by atoms with Crippen LogP contribution in [-0.2, 0) is 14.3 Å². The minimum Gasteiger partial charge on any atom is -0.481 e. The fraction of sp³-hybridized carbons (Fsp3) is 0.875. The number of hydrogen-bond donors (Lipinski definition) is 1. The first-order valence-corrected chi connectivity index (χ1v) is 8.07. The van der Waals surface area contributed by atoms with Gasteiger partial charge in [-0.1, -0.05) is 19.3 Å². The Labute approximate surface area is 131 Å². The molecule has 1 saturated carbocycles. The van der Waals surface area contributed by atoms with E-state index < -0.39 is 29.1 Å². The zero-order valence-electron chi connectivity index (χ0n) is 13.8. The van der Waals surface area contributed by atoms with Crippen LogP contribution in [0.2, 0.25) is 0 Å². The van der Waals surface area contributed by atoms with Crippen LogP contribution in [-0.4, -0.2) is 53.5 Å². The molecule has 2 rings (SSSR count). The molecule has 2 fully saturated rings. The summed E-state index contributed by atoms with van der Waals surface area (Å²) in [7, 11) is 0. The molecule has 1 atom stereocenters. The quantitative estimate of drug-likeness (QED) is 0.848. The molecule has 2 aliphatic rings. The second-order valence-corrected chi connectivity index (χ2v) is 7.29. The Hall–Kier alpha value is -1.30. The van der Waals surface area contributed by atoms with Crippen LogP contribution in [0.15, 0.2) is 0 Å². The maximum absolute atomic E-state index is 12.5. The molecule has 1 aliphatic carbocycles. The highest BCUT2D eigenvalue weighted by atomic mass is 16.6. The summed E-state index contributed by atoms with van der Waals surface area (Å²) in [6.45, 7) is 6.52. The van der Waals surface area contributed by atoms with Gasteiger partial charge in [-0.05, 0) is 33.6 Å².